The molecule has 3 aromatic rings. The van der Waals surface area contributed by atoms with E-state index in [0.717, 1.165) is 16.5 Å². The molecule has 0 aliphatic rings. The van der Waals surface area contributed by atoms with Crippen LogP contribution in [-0.2, 0) is 15.9 Å². The van der Waals surface area contributed by atoms with Crippen molar-refractivity contribution in [2.45, 2.75) is 20.3 Å². The van der Waals surface area contributed by atoms with Crippen LogP contribution in [0.3, 0.4) is 0 Å². The van der Waals surface area contributed by atoms with Crippen LogP contribution in [0.15, 0.2) is 54.6 Å². The number of carbonyl (C=O) groups excluding carboxylic acids is 2. The summed E-state index contributed by atoms with van der Waals surface area (Å²) in [4.78, 5) is 25.3. The lowest BCUT2D eigenvalue weighted by atomic mass is 10.0. The van der Waals surface area contributed by atoms with Crippen LogP contribution in [-0.4, -0.2) is 29.8 Å². The van der Waals surface area contributed by atoms with Crippen LogP contribution in [0.2, 0.25) is 0 Å². The first-order valence-electron chi connectivity index (χ1n) is 8.67. The molecule has 0 unspecified atom stereocenters. The number of ether oxygens (including phenoxy) is 2. The highest BCUT2D eigenvalue weighted by Crippen LogP contribution is 2.29. The summed E-state index contributed by atoms with van der Waals surface area (Å²) in [5.41, 5.74) is 2.68. The smallest absolute Gasteiger partial charge is 0.419 e. The summed E-state index contributed by atoms with van der Waals surface area (Å²) < 4.78 is 11.8. The van der Waals surface area contributed by atoms with Crippen molar-refractivity contribution in [2.75, 3.05) is 13.2 Å². The minimum Gasteiger partial charge on any atom is -0.461 e. The Morgan fingerprint density at radius 1 is 0.885 bits per heavy atom. The number of carbonyl (C=O) groups is 2. The molecule has 1 aromatic heterocycles. The van der Waals surface area contributed by atoms with Gasteiger partial charge in [-0.15, -0.1) is 0 Å². The largest absolute Gasteiger partial charge is 0.461 e. The molecular formula is C21H21NO4. The van der Waals surface area contributed by atoms with Crippen molar-refractivity contribution >= 4 is 23.0 Å². The molecule has 0 bridgehead atoms. The van der Waals surface area contributed by atoms with Crippen molar-refractivity contribution in [3.8, 4) is 0 Å². The summed E-state index contributed by atoms with van der Waals surface area (Å²) in [5, 5.41) is 0.840. The van der Waals surface area contributed by atoms with Crippen molar-refractivity contribution in [1.82, 2.24) is 4.57 Å². The van der Waals surface area contributed by atoms with Gasteiger partial charge in [0.25, 0.3) is 0 Å². The molecule has 0 aliphatic heterocycles. The number of nitrogens with zero attached hydrogens (tertiary/aromatic N) is 1. The lowest BCUT2D eigenvalue weighted by Gasteiger charge is -2.10. The summed E-state index contributed by atoms with van der Waals surface area (Å²) in [5.74, 6) is -0.525. The highest BCUT2D eigenvalue weighted by Gasteiger charge is 2.27. The fourth-order valence-electron chi connectivity index (χ4n) is 3.08. The fraction of sp³-hybridized carbons (Fsp3) is 0.238. The third-order valence-corrected chi connectivity index (χ3v) is 4.12. The number of rotatable bonds is 5. The van der Waals surface area contributed by atoms with E-state index in [1.165, 1.54) is 4.57 Å². The van der Waals surface area contributed by atoms with E-state index in [-0.39, 0.29) is 18.9 Å². The molecule has 0 saturated heterocycles. The van der Waals surface area contributed by atoms with E-state index in [2.05, 4.69) is 0 Å². The molecule has 0 radical (unpaired) electrons. The molecule has 0 amide bonds. The van der Waals surface area contributed by atoms with Gasteiger partial charge in [0, 0.05) is 11.8 Å². The quantitative estimate of drug-likeness (QED) is 0.639. The number of fused-ring (bicyclic) bond motifs is 1. The van der Waals surface area contributed by atoms with E-state index in [4.69, 9.17) is 9.47 Å². The molecule has 26 heavy (non-hydrogen) atoms. The Balaban J connectivity index is 2.25. The molecule has 0 aliphatic carbocycles. The van der Waals surface area contributed by atoms with Crippen LogP contribution < -0.4 is 0 Å². The van der Waals surface area contributed by atoms with Crippen molar-refractivity contribution in [2.24, 2.45) is 0 Å². The Morgan fingerprint density at radius 2 is 1.54 bits per heavy atom. The van der Waals surface area contributed by atoms with E-state index in [1.807, 2.05) is 54.6 Å². The third-order valence-electron chi connectivity index (χ3n) is 4.12. The highest BCUT2D eigenvalue weighted by molar-refractivity contribution is 6.04. The Kier molecular flexibility index (Phi) is 5.37. The van der Waals surface area contributed by atoms with Gasteiger partial charge in [-0.05, 0) is 31.0 Å². The molecule has 134 valence electrons. The van der Waals surface area contributed by atoms with Crippen LogP contribution in [0.5, 0.6) is 0 Å². The average molecular weight is 351 g/mol. The highest BCUT2D eigenvalue weighted by atomic mass is 16.6. The zero-order chi connectivity index (χ0) is 18.5. The molecule has 0 atom stereocenters. The second-order valence-electron chi connectivity index (χ2n) is 5.76. The van der Waals surface area contributed by atoms with Crippen LogP contribution in [0.1, 0.15) is 35.5 Å². The summed E-state index contributed by atoms with van der Waals surface area (Å²) in [7, 11) is 0. The zero-order valence-electron chi connectivity index (χ0n) is 14.9. The first-order valence-corrected chi connectivity index (χ1v) is 8.67. The lowest BCUT2D eigenvalue weighted by molar-refractivity contribution is 0.0511. The van der Waals surface area contributed by atoms with Crippen molar-refractivity contribution < 1.29 is 19.1 Å². The van der Waals surface area contributed by atoms with Crippen molar-refractivity contribution in [3.63, 3.8) is 0 Å². The average Bonchev–Trinajstić information content (AvgIpc) is 2.98. The standard InChI is InChI=1S/C21H21NO4/c1-3-25-20(23)19-17(14-15-10-6-5-7-11-15)16-12-8-9-13-18(16)22(19)21(24)26-4-2/h5-13H,3-4,14H2,1-2H3. The van der Waals surface area contributed by atoms with Crippen LogP contribution >= 0.6 is 0 Å². The predicted molar refractivity (Wildman–Crippen MR) is 99.6 cm³/mol. The Labute approximate surface area is 152 Å². The van der Waals surface area contributed by atoms with Gasteiger partial charge in [-0.2, -0.15) is 0 Å². The van der Waals surface area contributed by atoms with E-state index in [9.17, 15) is 9.59 Å². The van der Waals surface area contributed by atoms with Crippen molar-refractivity contribution in [1.29, 1.82) is 0 Å². The maximum Gasteiger partial charge on any atom is 0.419 e. The minimum absolute atomic E-state index is 0.224. The molecule has 2 aromatic carbocycles. The molecule has 0 saturated carbocycles. The molecule has 0 N–H and O–H groups in total. The number of hydrogen-bond donors (Lipinski definition) is 0. The molecule has 5 heteroatoms. The van der Waals surface area contributed by atoms with Crippen LogP contribution in [0.4, 0.5) is 4.79 Å². The maximum atomic E-state index is 12.7. The molecule has 1 heterocycles. The summed E-state index contributed by atoms with van der Waals surface area (Å²) in [6, 6.07) is 17.3. The monoisotopic (exact) mass is 351 g/mol. The number of hydrogen-bond acceptors (Lipinski definition) is 4. The van der Waals surface area contributed by atoms with E-state index < -0.39 is 12.1 Å². The molecule has 0 fully saturated rings. The third kappa shape index (κ3) is 3.33. The van der Waals surface area contributed by atoms with Gasteiger partial charge < -0.3 is 9.47 Å². The van der Waals surface area contributed by atoms with E-state index >= 15 is 0 Å². The van der Waals surface area contributed by atoms with Crippen molar-refractivity contribution in [3.05, 3.63) is 71.4 Å². The lowest BCUT2D eigenvalue weighted by Crippen LogP contribution is -2.21. The Bertz CT molecular complexity index is 928. The van der Waals surface area contributed by atoms with Gasteiger partial charge in [0.1, 0.15) is 5.69 Å². The van der Waals surface area contributed by atoms with Gasteiger partial charge in [0.2, 0.25) is 0 Å². The second kappa shape index (κ2) is 7.87. The topological polar surface area (TPSA) is 57.5 Å². The summed E-state index contributed by atoms with van der Waals surface area (Å²) in [6.45, 7) is 3.93. The maximum absolute atomic E-state index is 12.7. The van der Waals surface area contributed by atoms with Gasteiger partial charge in [0.05, 0.1) is 18.7 Å². The predicted octanol–water partition coefficient (Wildman–Crippen LogP) is 4.41. The fourth-order valence-corrected chi connectivity index (χ4v) is 3.08. The van der Waals surface area contributed by atoms with E-state index in [1.54, 1.807) is 13.8 Å². The van der Waals surface area contributed by atoms with Crippen LogP contribution in [0, 0.1) is 0 Å². The van der Waals surface area contributed by atoms with E-state index in [0.29, 0.717) is 11.9 Å². The van der Waals surface area contributed by atoms with Gasteiger partial charge in [-0.1, -0.05) is 48.5 Å². The molecule has 3 rings (SSSR count). The summed E-state index contributed by atoms with van der Waals surface area (Å²) >= 11 is 0. The number of esters is 1. The number of benzene rings is 2. The Hall–Kier alpha value is -3.08. The van der Waals surface area contributed by atoms with Gasteiger partial charge in [-0.3, -0.25) is 0 Å². The van der Waals surface area contributed by atoms with Gasteiger partial charge >= 0.3 is 12.1 Å². The second-order valence-corrected chi connectivity index (χ2v) is 5.76. The molecule has 5 nitrogen and oxygen atoms in total. The first kappa shape index (κ1) is 17.7. The summed E-state index contributed by atoms with van der Waals surface area (Å²) in [6.07, 6.45) is -0.0619. The Morgan fingerprint density at radius 3 is 2.23 bits per heavy atom. The first-order chi connectivity index (χ1) is 12.7. The van der Waals surface area contributed by atoms with Gasteiger partial charge in [0.15, 0.2) is 0 Å². The normalized spacial score (nSPS) is 10.7. The van der Waals surface area contributed by atoms with Gasteiger partial charge in [-0.25, -0.2) is 14.2 Å². The minimum atomic E-state index is -0.578. The zero-order valence-corrected chi connectivity index (χ0v) is 14.9. The number of aromatic nitrogens is 1. The number of para-hydroxylation sites is 1. The SMILES string of the molecule is CCOC(=O)c1c(Cc2ccccc2)c2ccccc2n1C(=O)OCC. The van der Waals surface area contributed by atoms with Crippen LogP contribution in [0.25, 0.3) is 10.9 Å². The molecular weight excluding hydrogens is 330 g/mol. The molecule has 0 spiro atoms.